The standard InChI is InChI=1S/C24H31NO3/c1-16-9-8-10-20(11-16)25-21(26)15-28-22(27)17-12-18(23(2,3)4)14-19(13-17)24(5,6)7/h8-14H,15H2,1-7H3,(H,25,26). The van der Waals surface area contributed by atoms with Crippen LogP contribution in [0.25, 0.3) is 0 Å². The fourth-order valence-corrected chi connectivity index (χ4v) is 2.75. The molecule has 0 atom stereocenters. The average Bonchev–Trinajstić information content (AvgIpc) is 2.57. The van der Waals surface area contributed by atoms with Gasteiger partial charge in [0.25, 0.3) is 5.91 Å². The van der Waals surface area contributed by atoms with Crippen LogP contribution in [0.4, 0.5) is 5.69 Å². The van der Waals surface area contributed by atoms with Crippen molar-refractivity contribution in [2.75, 3.05) is 11.9 Å². The van der Waals surface area contributed by atoms with Crippen molar-refractivity contribution in [3.63, 3.8) is 0 Å². The van der Waals surface area contributed by atoms with Gasteiger partial charge in [0, 0.05) is 5.69 Å². The van der Waals surface area contributed by atoms with E-state index in [1.165, 1.54) is 0 Å². The minimum Gasteiger partial charge on any atom is -0.452 e. The first-order valence-corrected chi connectivity index (χ1v) is 9.56. The average molecular weight is 382 g/mol. The molecular weight excluding hydrogens is 350 g/mol. The third-order valence-electron chi connectivity index (χ3n) is 4.54. The minimum absolute atomic E-state index is 0.0984. The Hall–Kier alpha value is -2.62. The van der Waals surface area contributed by atoms with E-state index in [4.69, 9.17) is 4.74 Å². The molecule has 0 unspecified atom stereocenters. The molecular formula is C24H31NO3. The number of carbonyl (C=O) groups is 2. The number of amides is 1. The molecule has 2 rings (SSSR count). The Labute approximate surface area is 168 Å². The Morgan fingerprint density at radius 3 is 1.96 bits per heavy atom. The normalized spacial score (nSPS) is 11.8. The number of aryl methyl sites for hydroxylation is 1. The van der Waals surface area contributed by atoms with Gasteiger partial charge >= 0.3 is 5.97 Å². The Balaban J connectivity index is 2.13. The first-order chi connectivity index (χ1) is 12.9. The van der Waals surface area contributed by atoms with Crippen molar-refractivity contribution in [2.45, 2.75) is 59.3 Å². The van der Waals surface area contributed by atoms with E-state index in [9.17, 15) is 9.59 Å². The third kappa shape index (κ3) is 5.95. The molecule has 0 spiro atoms. The quantitative estimate of drug-likeness (QED) is 0.723. The highest BCUT2D eigenvalue weighted by Crippen LogP contribution is 2.30. The summed E-state index contributed by atoms with van der Waals surface area (Å²) in [6, 6.07) is 13.3. The van der Waals surface area contributed by atoms with Gasteiger partial charge in [-0.15, -0.1) is 0 Å². The second kappa shape index (κ2) is 8.17. The van der Waals surface area contributed by atoms with Crippen LogP contribution in [0.2, 0.25) is 0 Å². The number of benzene rings is 2. The van der Waals surface area contributed by atoms with Crippen LogP contribution in [-0.4, -0.2) is 18.5 Å². The molecule has 1 N–H and O–H groups in total. The largest absolute Gasteiger partial charge is 0.452 e. The summed E-state index contributed by atoms with van der Waals surface area (Å²) in [5, 5.41) is 2.74. The van der Waals surface area contributed by atoms with Crippen LogP contribution in [0.5, 0.6) is 0 Å². The molecule has 0 saturated carbocycles. The van der Waals surface area contributed by atoms with Crippen molar-refractivity contribution in [3.05, 3.63) is 64.7 Å². The molecule has 4 nitrogen and oxygen atoms in total. The smallest absolute Gasteiger partial charge is 0.338 e. The summed E-state index contributed by atoms with van der Waals surface area (Å²) in [5.74, 6) is -0.849. The summed E-state index contributed by atoms with van der Waals surface area (Å²) in [5.41, 5.74) is 4.14. The molecule has 0 aliphatic rings. The summed E-state index contributed by atoms with van der Waals surface area (Å²) in [6.07, 6.45) is 0. The summed E-state index contributed by atoms with van der Waals surface area (Å²) < 4.78 is 5.28. The number of carbonyl (C=O) groups excluding carboxylic acids is 2. The van der Waals surface area contributed by atoms with E-state index < -0.39 is 5.97 Å². The molecule has 0 heterocycles. The van der Waals surface area contributed by atoms with Gasteiger partial charge in [-0.3, -0.25) is 4.79 Å². The highest BCUT2D eigenvalue weighted by Gasteiger charge is 2.23. The topological polar surface area (TPSA) is 55.4 Å². The Kier molecular flexibility index (Phi) is 6.33. The van der Waals surface area contributed by atoms with Crippen molar-refractivity contribution in [3.8, 4) is 0 Å². The number of anilines is 1. The lowest BCUT2D eigenvalue weighted by molar-refractivity contribution is -0.119. The Morgan fingerprint density at radius 1 is 0.893 bits per heavy atom. The van der Waals surface area contributed by atoms with Crippen LogP contribution in [0, 0.1) is 6.92 Å². The number of hydrogen-bond donors (Lipinski definition) is 1. The molecule has 28 heavy (non-hydrogen) atoms. The summed E-state index contributed by atoms with van der Waals surface area (Å²) in [4.78, 5) is 24.7. The van der Waals surface area contributed by atoms with Gasteiger partial charge in [-0.25, -0.2) is 4.79 Å². The van der Waals surface area contributed by atoms with Crippen molar-refractivity contribution in [2.24, 2.45) is 0 Å². The zero-order chi connectivity index (χ0) is 21.1. The lowest BCUT2D eigenvalue weighted by Gasteiger charge is -2.25. The minimum atomic E-state index is -0.490. The van der Waals surface area contributed by atoms with Crippen molar-refractivity contribution in [1.82, 2.24) is 0 Å². The molecule has 0 aromatic heterocycles. The van der Waals surface area contributed by atoms with Crippen LogP contribution >= 0.6 is 0 Å². The van der Waals surface area contributed by atoms with Gasteiger partial charge in [0.05, 0.1) is 5.56 Å². The molecule has 150 valence electrons. The maximum Gasteiger partial charge on any atom is 0.338 e. The highest BCUT2D eigenvalue weighted by atomic mass is 16.5. The van der Waals surface area contributed by atoms with Crippen LogP contribution < -0.4 is 5.32 Å². The first-order valence-electron chi connectivity index (χ1n) is 9.56. The van der Waals surface area contributed by atoms with Gasteiger partial charge in [0.2, 0.25) is 0 Å². The predicted molar refractivity (Wildman–Crippen MR) is 114 cm³/mol. The Morgan fingerprint density at radius 2 is 1.46 bits per heavy atom. The molecule has 1 amide bonds. The number of esters is 1. The lowest BCUT2D eigenvalue weighted by atomic mass is 9.79. The molecule has 2 aromatic rings. The number of nitrogens with one attached hydrogen (secondary N) is 1. The fraction of sp³-hybridized carbons (Fsp3) is 0.417. The molecule has 0 fully saturated rings. The highest BCUT2D eigenvalue weighted by molar-refractivity contribution is 5.95. The van der Waals surface area contributed by atoms with Gasteiger partial charge in [0.1, 0.15) is 0 Å². The van der Waals surface area contributed by atoms with E-state index in [-0.39, 0.29) is 23.3 Å². The van der Waals surface area contributed by atoms with Gasteiger partial charge in [-0.1, -0.05) is 59.7 Å². The maximum absolute atomic E-state index is 12.6. The first kappa shape index (κ1) is 21.7. The van der Waals surface area contributed by atoms with Gasteiger partial charge in [-0.05, 0) is 58.7 Å². The summed E-state index contributed by atoms with van der Waals surface area (Å²) in [7, 11) is 0. The van der Waals surface area contributed by atoms with E-state index in [2.05, 4.69) is 52.9 Å². The SMILES string of the molecule is Cc1cccc(NC(=O)COC(=O)c2cc(C(C)(C)C)cc(C(C)(C)C)c2)c1. The van der Waals surface area contributed by atoms with Crippen LogP contribution in [0.3, 0.4) is 0 Å². The molecule has 0 saturated heterocycles. The van der Waals surface area contributed by atoms with Crippen molar-refractivity contribution >= 4 is 17.6 Å². The van der Waals surface area contributed by atoms with E-state index in [0.717, 1.165) is 16.7 Å². The second-order valence-electron chi connectivity index (χ2n) is 9.29. The monoisotopic (exact) mass is 381 g/mol. The van der Waals surface area contributed by atoms with Crippen LogP contribution in [0.1, 0.15) is 68.6 Å². The van der Waals surface area contributed by atoms with Gasteiger partial charge in [-0.2, -0.15) is 0 Å². The van der Waals surface area contributed by atoms with Gasteiger partial charge < -0.3 is 10.1 Å². The van der Waals surface area contributed by atoms with Crippen molar-refractivity contribution in [1.29, 1.82) is 0 Å². The zero-order valence-electron chi connectivity index (χ0n) is 18.0. The molecule has 0 aliphatic carbocycles. The van der Waals surface area contributed by atoms with E-state index in [0.29, 0.717) is 11.3 Å². The Bertz CT molecular complexity index is 838. The fourth-order valence-electron chi connectivity index (χ4n) is 2.75. The summed E-state index contributed by atoms with van der Waals surface area (Å²) >= 11 is 0. The second-order valence-corrected chi connectivity index (χ2v) is 9.29. The summed E-state index contributed by atoms with van der Waals surface area (Å²) in [6.45, 7) is 14.3. The van der Waals surface area contributed by atoms with E-state index in [1.807, 2.05) is 37.3 Å². The van der Waals surface area contributed by atoms with Crippen LogP contribution in [0.15, 0.2) is 42.5 Å². The van der Waals surface area contributed by atoms with Crippen molar-refractivity contribution < 1.29 is 14.3 Å². The van der Waals surface area contributed by atoms with E-state index in [1.54, 1.807) is 6.07 Å². The number of ether oxygens (including phenoxy) is 1. The molecule has 4 heteroatoms. The molecule has 2 aromatic carbocycles. The lowest BCUT2D eigenvalue weighted by Crippen LogP contribution is -2.22. The molecule has 0 radical (unpaired) electrons. The van der Waals surface area contributed by atoms with Gasteiger partial charge in [0.15, 0.2) is 6.61 Å². The molecule has 0 bridgehead atoms. The molecule has 0 aliphatic heterocycles. The maximum atomic E-state index is 12.6. The predicted octanol–water partition coefficient (Wildman–Crippen LogP) is 5.39. The van der Waals surface area contributed by atoms with Crippen LogP contribution in [-0.2, 0) is 20.4 Å². The zero-order valence-corrected chi connectivity index (χ0v) is 18.0. The van der Waals surface area contributed by atoms with E-state index >= 15 is 0 Å². The third-order valence-corrected chi connectivity index (χ3v) is 4.54. The number of rotatable bonds is 4. The number of hydrogen-bond acceptors (Lipinski definition) is 3.